The van der Waals surface area contributed by atoms with Gasteiger partial charge in [-0.15, -0.1) is 5.10 Å². The van der Waals surface area contributed by atoms with Crippen molar-refractivity contribution in [3.63, 3.8) is 0 Å². The first-order chi connectivity index (χ1) is 13.2. The minimum absolute atomic E-state index is 0.248. The third kappa shape index (κ3) is 4.13. The first-order valence-electron chi connectivity index (χ1n) is 8.46. The van der Waals surface area contributed by atoms with Gasteiger partial charge in [0.2, 0.25) is 0 Å². The van der Waals surface area contributed by atoms with Crippen LogP contribution in [0.3, 0.4) is 0 Å². The Morgan fingerprint density at radius 2 is 2.11 bits per heavy atom. The summed E-state index contributed by atoms with van der Waals surface area (Å²) in [7, 11) is 1.63. The van der Waals surface area contributed by atoms with Crippen LogP contribution in [0, 0.1) is 18.3 Å². The molecule has 0 radical (unpaired) electrons. The Bertz CT molecular complexity index is 999. The minimum atomic E-state index is -0.248. The summed E-state index contributed by atoms with van der Waals surface area (Å²) in [5.74, 6) is 0.465. The van der Waals surface area contributed by atoms with Crippen molar-refractivity contribution in [1.29, 1.82) is 5.26 Å². The van der Waals surface area contributed by atoms with Crippen molar-refractivity contribution < 1.29 is 4.74 Å². The number of benzene rings is 1. The molecule has 0 amide bonds. The molecule has 0 aliphatic rings. The van der Waals surface area contributed by atoms with Gasteiger partial charge in [0.1, 0.15) is 6.07 Å². The zero-order valence-corrected chi connectivity index (χ0v) is 16.0. The van der Waals surface area contributed by atoms with Gasteiger partial charge in [0, 0.05) is 26.0 Å². The Morgan fingerprint density at radius 3 is 2.81 bits per heavy atom. The molecule has 0 saturated carbocycles. The topological polar surface area (TPSA) is 102 Å². The molecule has 0 unspecified atom stereocenters. The van der Waals surface area contributed by atoms with Gasteiger partial charge in [-0.2, -0.15) is 10.4 Å². The SMILES string of the molecule is COCCCn1c(SCc2c(C#N)c(C)nn2-c2ccccc2)n[nH]c1=O. The Labute approximate surface area is 160 Å². The van der Waals surface area contributed by atoms with Gasteiger partial charge in [-0.05, 0) is 25.5 Å². The number of thioether (sulfide) groups is 1. The Hall–Kier alpha value is -2.83. The molecule has 140 valence electrons. The molecule has 1 aromatic carbocycles. The summed E-state index contributed by atoms with van der Waals surface area (Å²) in [5, 5.41) is 21.3. The molecular weight excluding hydrogens is 364 g/mol. The highest BCUT2D eigenvalue weighted by atomic mass is 32.2. The molecule has 0 saturated heterocycles. The number of nitriles is 1. The van der Waals surface area contributed by atoms with E-state index in [0.29, 0.717) is 41.7 Å². The van der Waals surface area contributed by atoms with E-state index < -0.39 is 0 Å². The number of aromatic nitrogens is 5. The first kappa shape index (κ1) is 18.9. The summed E-state index contributed by atoms with van der Waals surface area (Å²) in [6, 6.07) is 11.9. The van der Waals surface area contributed by atoms with Crippen molar-refractivity contribution in [2.45, 2.75) is 30.8 Å². The third-order valence-corrected chi connectivity index (χ3v) is 5.05. The number of hydrogen-bond donors (Lipinski definition) is 1. The van der Waals surface area contributed by atoms with E-state index in [0.717, 1.165) is 11.4 Å². The van der Waals surface area contributed by atoms with E-state index >= 15 is 0 Å². The quantitative estimate of drug-likeness (QED) is 0.472. The molecule has 9 heteroatoms. The number of nitrogens with one attached hydrogen (secondary N) is 1. The van der Waals surface area contributed by atoms with E-state index in [1.54, 1.807) is 16.4 Å². The Balaban J connectivity index is 1.87. The largest absolute Gasteiger partial charge is 0.385 e. The molecule has 0 fully saturated rings. The monoisotopic (exact) mass is 384 g/mol. The molecule has 2 aromatic heterocycles. The lowest BCUT2D eigenvalue weighted by Gasteiger charge is -2.08. The summed E-state index contributed by atoms with van der Waals surface area (Å²) >= 11 is 1.40. The Kier molecular flexibility index (Phi) is 6.11. The smallest absolute Gasteiger partial charge is 0.343 e. The summed E-state index contributed by atoms with van der Waals surface area (Å²) < 4.78 is 8.41. The highest BCUT2D eigenvalue weighted by Gasteiger charge is 2.18. The number of H-pyrrole nitrogens is 1. The zero-order chi connectivity index (χ0) is 19.2. The number of para-hydroxylation sites is 1. The maximum Gasteiger partial charge on any atom is 0.343 e. The van der Waals surface area contributed by atoms with Crippen molar-refractivity contribution >= 4 is 11.8 Å². The van der Waals surface area contributed by atoms with Crippen LogP contribution in [0.5, 0.6) is 0 Å². The van der Waals surface area contributed by atoms with E-state index in [2.05, 4.69) is 21.4 Å². The Morgan fingerprint density at radius 1 is 1.33 bits per heavy atom. The van der Waals surface area contributed by atoms with Gasteiger partial charge in [0.15, 0.2) is 5.16 Å². The predicted octanol–water partition coefficient (Wildman–Crippen LogP) is 2.27. The van der Waals surface area contributed by atoms with Gasteiger partial charge in [-0.1, -0.05) is 30.0 Å². The molecule has 3 aromatic rings. The molecule has 8 nitrogen and oxygen atoms in total. The first-order valence-corrected chi connectivity index (χ1v) is 9.45. The van der Waals surface area contributed by atoms with Crippen LogP contribution in [-0.4, -0.2) is 38.3 Å². The van der Waals surface area contributed by atoms with Gasteiger partial charge in [-0.3, -0.25) is 4.57 Å². The second-order valence-corrected chi connectivity index (χ2v) is 6.81. The molecule has 0 spiro atoms. The molecule has 0 atom stereocenters. The van der Waals surface area contributed by atoms with Crippen LogP contribution >= 0.6 is 11.8 Å². The number of methoxy groups -OCH3 is 1. The number of aryl methyl sites for hydroxylation is 1. The van der Waals surface area contributed by atoms with Crippen LogP contribution in [0.4, 0.5) is 0 Å². The normalized spacial score (nSPS) is 10.9. The van der Waals surface area contributed by atoms with Crippen LogP contribution in [0.2, 0.25) is 0 Å². The van der Waals surface area contributed by atoms with Crippen LogP contribution in [-0.2, 0) is 17.0 Å². The average molecular weight is 384 g/mol. The molecule has 0 aliphatic heterocycles. The molecule has 2 heterocycles. The molecule has 3 rings (SSSR count). The average Bonchev–Trinajstić information content (AvgIpc) is 3.20. The maximum atomic E-state index is 12.0. The summed E-state index contributed by atoms with van der Waals surface area (Å²) in [6.07, 6.45) is 0.716. The second kappa shape index (κ2) is 8.70. The minimum Gasteiger partial charge on any atom is -0.385 e. The number of rotatable bonds is 8. The van der Waals surface area contributed by atoms with Crippen molar-refractivity contribution in [3.05, 3.63) is 57.8 Å². The number of hydrogen-bond acceptors (Lipinski definition) is 6. The van der Waals surface area contributed by atoms with Crippen LogP contribution < -0.4 is 5.69 Å². The van der Waals surface area contributed by atoms with Gasteiger partial charge >= 0.3 is 5.69 Å². The lowest BCUT2D eigenvalue weighted by atomic mass is 10.2. The third-order valence-electron chi connectivity index (χ3n) is 4.06. The van der Waals surface area contributed by atoms with E-state index in [9.17, 15) is 10.1 Å². The second-order valence-electron chi connectivity index (χ2n) is 5.86. The molecule has 0 bridgehead atoms. The maximum absolute atomic E-state index is 12.0. The van der Waals surface area contributed by atoms with Crippen molar-refractivity contribution in [1.82, 2.24) is 24.5 Å². The van der Waals surface area contributed by atoms with Crippen LogP contribution in [0.25, 0.3) is 5.69 Å². The fourth-order valence-corrected chi connectivity index (χ4v) is 3.72. The lowest BCUT2D eigenvalue weighted by molar-refractivity contribution is 0.189. The molecule has 0 aliphatic carbocycles. The number of nitrogens with zero attached hydrogens (tertiary/aromatic N) is 5. The number of aromatic amines is 1. The van der Waals surface area contributed by atoms with E-state index in [-0.39, 0.29) is 5.69 Å². The summed E-state index contributed by atoms with van der Waals surface area (Å²) in [4.78, 5) is 12.0. The van der Waals surface area contributed by atoms with Gasteiger partial charge in [0.25, 0.3) is 0 Å². The highest BCUT2D eigenvalue weighted by Crippen LogP contribution is 2.26. The zero-order valence-electron chi connectivity index (χ0n) is 15.2. The molecule has 27 heavy (non-hydrogen) atoms. The van der Waals surface area contributed by atoms with Crippen LogP contribution in [0.1, 0.15) is 23.4 Å². The predicted molar refractivity (Wildman–Crippen MR) is 102 cm³/mol. The van der Waals surface area contributed by atoms with Gasteiger partial charge in [0.05, 0.1) is 22.6 Å². The van der Waals surface area contributed by atoms with E-state index in [1.165, 1.54) is 11.8 Å². The fraction of sp³-hybridized carbons (Fsp3) is 0.333. The summed E-state index contributed by atoms with van der Waals surface area (Å²) in [6.45, 7) is 2.91. The number of ether oxygens (including phenoxy) is 1. The molecule has 1 N–H and O–H groups in total. The van der Waals surface area contributed by atoms with Crippen molar-refractivity contribution in [3.8, 4) is 11.8 Å². The lowest BCUT2D eigenvalue weighted by Crippen LogP contribution is -2.18. The molecular formula is C18H20N6O2S. The highest BCUT2D eigenvalue weighted by molar-refractivity contribution is 7.98. The van der Waals surface area contributed by atoms with Crippen molar-refractivity contribution in [2.75, 3.05) is 13.7 Å². The van der Waals surface area contributed by atoms with Gasteiger partial charge < -0.3 is 4.74 Å². The van der Waals surface area contributed by atoms with Gasteiger partial charge in [-0.25, -0.2) is 14.6 Å². The fourth-order valence-electron chi connectivity index (χ4n) is 2.75. The van der Waals surface area contributed by atoms with E-state index in [1.807, 2.05) is 37.3 Å². The summed E-state index contributed by atoms with van der Waals surface area (Å²) in [5.41, 5.74) is 2.65. The van der Waals surface area contributed by atoms with Crippen LogP contribution in [0.15, 0.2) is 40.3 Å². The van der Waals surface area contributed by atoms with Crippen molar-refractivity contribution in [2.24, 2.45) is 0 Å². The van der Waals surface area contributed by atoms with E-state index in [4.69, 9.17) is 4.74 Å². The standard InChI is InChI=1S/C18H20N6O2S/c1-13-15(11-19)16(24(22-13)14-7-4-3-5-8-14)12-27-18-21-20-17(25)23(18)9-6-10-26-2/h3-5,7-8H,6,9-10,12H2,1-2H3,(H,20,25).